The molecule has 3 heteroatoms. The Morgan fingerprint density at radius 3 is 2.11 bits per heavy atom. The third-order valence-electron chi connectivity index (χ3n) is 6.10. The van der Waals surface area contributed by atoms with Gasteiger partial charge < -0.3 is 5.32 Å². The fourth-order valence-corrected chi connectivity index (χ4v) is 4.71. The van der Waals surface area contributed by atoms with Crippen LogP contribution in [0.5, 0.6) is 0 Å². The Morgan fingerprint density at radius 2 is 1.41 bits per heavy atom. The second-order valence-corrected chi connectivity index (χ2v) is 7.57. The van der Waals surface area contributed by atoms with Crippen molar-refractivity contribution in [2.45, 2.75) is 24.5 Å². The van der Waals surface area contributed by atoms with E-state index in [1.54, 1.807) is 12.1 Å². The number of nitrogens with zero attached hydrogens (tertiary/aromatic N) is 1. The smallest absolute Gasteiger partial charge is 0.127 e. The minimum absolute atomic E-state index is 0.0980. The molecule has 2 saturated heterocycles. The lowest BCUT2D eigenvalue weighted by atomic mass is 9.72. The molecule has 3 aromatic carbocycles. The molecule has 5 rings (SSSR count). The highest BCUT2D eigenvalue weighted by atomic mass is 19.1. The van der Waals surface area contributed by atoms with Gasteiger partial charge in [-0.1, -0.05) is 72.8 Å². The van der Waals surface area contributed by atoms with Crippen LogP contribution in [0.3, 0.4) is 0 Å². The predicted molar refractivity (Wildman–Crippen MR) is 107 cm³/mol. The summed E-state index contributed by atoms with van der Waals surface area (Å²) >= 11 is 0. The van der Waals surface area contributed by atoms with Gasteiger partial charge in [0.15, 0.2) is 0 Å². The fraction of sp³-hybridized carbons (Fsp3) is 0.250. The molecule has 2 aliphatic heterocycles. The largest absolute Gasteiger partial charge is 0.314 e. The predicted octanol–water partition coefficient (Wildman–Crippen LogP) is 4.43. The van der Waals surface area contributed by atoms with Crippen molar-refractivity contribution >= 4 is 0 Å². The number of hydrogen-bond acceptors (Lipinski definition) is 2. The summed E-state index contributed by atoms with van der Waals surface area (Å²) in [7, 11) is 0. The average molecular weight is 358 g/mol. The van der Waals surface area contributed by atoms with Gasteiger partial charge in [-0.05, 0) is 22.8 Å². The maximum absolute atomic E-state index is 14.1. The average Bonchev–Trinajstić information content (AvgIpc) is 2.74. The molecule has 2 aliphatic rings. The second-order valence-electron chi connectivity index (χ2n) is 7.57. The van der Waals surface area contributed by atoms with E-state index in [2.05, 4.69) is 58.7 Å². The van der Waals surface area contributed by atoms with E-state index in [0.717, 1.165) is 18.7 Å². The lowest BCUT2D eigenvalue weighted by Crippen LogP contribution is -2.72. The Bertz CT molecular complexity index is 911. The number of nitrogens with one attached hydrogen (secondary N) is 1. The Labute approximate surface area is 159 Å². The molecular formula is C24H23FN2. The maximum atomic E-state index is 14.1. The Hall–Kier alpha value is -2.49. The first-order valence-electron chi connectivity index (χ1n) is 9.66. The number of piperidine rings is 1. The molecule has 3 aromatic rings. The molecule has 0 radical (unpaired) electrons. The highest BCUT2D eigenvalue weighted by Gasteiger charge is 2.51. The monoisotopic (exact) mass is 358 g/mol. The van der Waals surface area contributed by atoms with Crippen LogP contribution in [-0.2, 0) is 6.54 Å². The maximum Gasteiger partial charge on any atom is 0.127 e. The molecule has 136 valence electrons. The van der Waals surface area contributed by atoms with E-state index in [9.17, 15) is 4.39 Å². The van der Waals surface area contributed by atoms with Crippen molar-refractivity contribution in [3.63, 3.8) is 0 Å². The second kappa shape index (κ2) is 6.91. The minimum atomic E-state index is -0.0980. The zero-order valence-electron chi connectivity index (χ0n) is 15.2. The normalized spacial score (nSPS) is 24.4. The van der Waals surface area contributed by atoms with Crippen molar-refractivity contribution in [2.75, 3.05) is 13.1 Å². The molecular weight excluding hydrogens is 335 g/mol. The molecule has 2 fully saturated rings. The van der Waals surface area contributed by atoms with Crippen molar-refractivity contribution in [3.05, 3.63) is 95.8 Å². The van der Waals surface area contributed by atoms with Crippen LogP contribution in [-0.4, -0.2) is 30.1 Å². The Kier molecular flexibility index (Phi) is 4.27. The molecule has 1 unspecified atom stereocenters. The number of rotatable bonds is 4. The van der Waals surface area contributed by atoms with Crippen LogP contribution in [0.25, 0.3) is 11.1 Å². The van der Waals surface area contributed by atoms with Gasteiger partial charge in [-0.25, -0.2) is 4.39 Å². The molecule has 27 heavy (non-hydrogen) atoms. The summed E-state index contributed by atoms with van der Waals surface area (Å²) in [6.07, 6.45) is 0. The van der Waals surface area contributed by atoms with Gasteiger partial charge in [0.25, 0.3) is 0 Å². The zero-order chi connectivity index (χ0) is 18.2. The third-order valence-corrected chi connectivity index (χ3v) is 6.10. The van der Waals surface area contributed by atoms with Gasteiger partial charge in [-0.15, -0.1) is 0 Å². The molecule has 1 N–H and O–H groups in total. The van der Waals surface area contributed by atoms with Crippen molar-refractivity contribution in [1.29, 1.82) is 0 Å². The van der Waals surface area contributed by atoms with E-state index < -0.39 is 0 Å². The summed E-state index contributed by atoms with van der Waals surface area (Å²) in [6.45, 7) is 2.63. The van der Waals surface area contributed by atoms with Gasteiger partial charge in [0.05, 0.1) is 0 Å². The molecule has 2 nitrogen and oxygen atoms in total. The van der Waals surface area contributed by atoms with Crippen LogP contribution in [0.15, 0.2) is 78.9 Å². The van der Waals surface area contributed by atoms with Gasteiger partial charge in [0.2, 0.25) is 0 Å². The first-order chi connectivity index (χ1) is 13.3. The SMILES string of the molecule is Fc1ccccc1CN1[C@@H]2CNC[C@H]1C2c1ccc(-c2ccccc2)cc1. The van der Waals surface area contributed by atoms with Crippen molar-refractivity contribution in [1.82, 2.24) is 10.2 Å². The Balaban J connectivity index is 1.35. The van der Waals surface area contributed by atoms with Gasteiger partial charge in [-0.2, -0.15) is 0 Å². The summed E-state index contributed by atoms with van der Waals surface area (Å²) in [4.78, 5) is 2.46. The van der Waals surface area contributed by atoms with Crippen molar-refractivity contribution in [3.8, 4) is 11.1 Å². The lowest BCUT2D eigenvalue weighted by molar-refractivity contribution is -0.0489. The van der Waals surface area contributed by atoms with E-state index in [0.29, 0.717) is 24.5 Å². The van der Waals surface area contributed by atoms with Crippen LogP contribution in [0.1, 0.15) is 17.0 Å². The zero-order valence-corrected chi connectivity index (χ0v) is 15.2. The van der Waals surface area contributed by atoms with Crippen LogP contribution in [0, 0.1) is 5.82 Å². The Morgan fingerprint density at radius 1 is 0.778 bits per heavy atom. The van der Waals surface area contributed by atoms with E-state index >= 15 is 0 Å². The summed E-state index contributed by atoms with van der Waals surface area (Å²) in [5, 5.41) is 3.52. The number of benzene rings is 3. The minimum Gasteiger partial charge on any atom is -0.314 e. The van der Waals surface area contributed by atoms with Crippen LogP contribution >= 0.6 is 0 Å². The van der Waals surface area contributed by atoms with Gasteiger partial charge in [0, 0.05) is 43.2 Å². The summed E-state index contributed by atoms with van der Waals surface area (Å²) in [5.74, 6) is 0.432. The van der Waals surface area contributed by atoms with Crippen LogP contribution in [0.4, 0.5) is 4.39 Å². The summed E-state index contributed by atoms with van der Waals surface area (Å²) < 4.78 is 14.1. The standard InChI is InChI=1S/C24H23FN2/c25-21-9-5-4-8-20(21)16-27-22-14-26-15-23(27)24(22)19-12-10-18(11-13-19)17-6-2-1-3-7-17/h1-13,22-24,26H,14-16H2/t22-,23+,24?. The van der Waals surface area contributed by atoms with E-state index in [1.807, 2.05) is 18.2 Å². The van der Waals surface area contributed by atoms with Crippen LogP contribution < -0.4 is 5.32 Å². The summed E-state index contributed by atoms with van der Waals surface area (Å²) in [5.41, 5.74) is 4.70. The number of piperazine rings is 1. The van der Waals surface area contributed by atoms with Gasteiger partial charge in [-0.3, -0.25) is 4.90 Å². The highest BCUT2D eigenvalue weighted by Crippen LogP contribution is 2.43. The van der Waals surface area contributed by atoms with E-state index in [-0.39, 0.29) is 5.82 Å². The highest BCUT2D eigenvalue weighted by molar-refractivity contribution is 5.63. The molecule has 0 aromatic heterocycles. The number of fused-ring (bicyclic) bond motifs is 2. The lowest BCUT2D eigenvalue weighted by Gasteiger charge is -2.59. The van der Waals surface area contributed by atoms with E-state index in [4.69, 9.17) is 0 Å². The summed E-state index contributed by atoms with van der Waals surface area (Å²) in [6, 6.07) is 27.5. The van der Waals surface area contributed by atoms with Gasteiger partial charge in [0.1, 0.15) is 5.82 Å². The molecule has 2 bridgehead atoms. The van der Waals surface area contributed by atoms with E-state index in [1.165, 1.54) is 16.7 Å². The topological polar surface area (TPSA) is 15.3 Å². The quantitative estimate of drug-likeness (QED) is 0.742. The fourth-order valence-electron chi connectivity index (χ4n) is 4.71. The third kappa shape index (κ3) is 2.97. The molecule has 0 amide bonds. The van der Waals surface area contributed by atoms with Gasteiger partial charge >= 0.3 is 0 Å². The molecule has 0 spiro atoms. The molecule has 2 heterocycles. The van der Waals surface area contributed by atoms with Crippen molar-refractivity contribution < 1.29 is 4.39 Å². The number of hydrogen-bond donors (Lipinski definition) is 1. The molecule has 0 aliphatic carbocycles. The number of halogens is 1. The molecule has 3 atom stereocenters. The first kappa shape index (κ1) is 16.7. The first-order valence-corrected chi connectivity index (χ1v) is 9.66. The molecule has 0 saturated carbocycles. The van der Waals surface area contributed by atoms with Crippen LogP contribution in [0.2, 0.25) is 0 Å². The van der Waals surface area contributed by atoms with Crippen molar-refractivity contribution in [2.24, 2.45) is 0 Å².